The second kappa shape index (κ2) is 4.23. The van der Waals surface area contributed by atoms with Crippen molar-refractivity contribution in [2.24, 2.45) is 5.92 Å². The van der Waals surface area contributed by atoms with E-state index in [0.717, 1.165) is 5.92 Å². The fraction of sp³-hybridized carbons (Fsp3) is 0.368. The lowest BCUT2D eigenvalue weighted by Gasteiger charge is -2.28. The molecular weight excluding hydrogens is 228 g/mol. The zero-order chi connectivity index (χ0) is 13.5. The van der Waals surface area contributed by atoms with Gasteiger partial charge in [0.2, 0.25) is 0 Å². The zero-order valence-electron chi connectivity index (χ0n) is 12.1. The first-order valence-electron chi connectivity index (χ1n) is 7.16. The van der Waals surface area contributed by atoms with Crippen LogP contribution < -0.4 is 0 Å². The van der Waals surface area contributed by atoms with Crippen molar-refractivity contribution in [3.8, 4) is 0 Å². The van der Waals surface area contributed by atoms with Gasteiger partial charge >= 0.3 is 0 Å². The predicted octanol–water partition coefficient (Wildman–Crippen LogP) is 4.94. The summed E-state index contributed by atoms with van der Waals surface area (Å²) in [4.78, 5) is 0. The Hall–Kier alpha value is -1.56. The molecule has 19 heavy (non-hydrogen) atoms. The molecule has 0 saturated heterocycles. The highest BCUT2D eigenvalue weighted by molar-refractivity contribution is 5.38. The molecule has 2 aromatic carbocycles. The highest BCUT2D eigenvalue weighted by atomic mass is 14.6. The minimum atomic E-state index is 0.242. The standard InChI is InChI=1S/C19H22/c1-18(2,15-10-6-4-7-11-15)17-14-19(17,3)16-12-8-5-9-13-16/h4-13,17H,14H2,1-3H3. The SMILES string of the molecule is CC(C)(c1ccccc1)C1CC1(C)c1ccccc1. The Morgan fingerprint density at radius 1 is 0.895 bits per heavy atom. The van der Waals surface area contributed by atoms with Gasteiger partial charge in [-0.25, -0.2) is 0 Å². The van der Waals surface area contributed by atoms with Gasteiger partial charge in [0.1, 0.15) is 0 Å². The third-order valence-electron chi connectivity index (χ3n) is 5.06. The summed E-state index contributed by atoms with van der Waals surface area (Å²) in [6.07, 6.45) is 1.29. The molecule has 1 aliphatic carbocycles. The molecule has 0 amide bonds. The van der Waals surface area contributed by atoms with Gasteiger partial charge in [-0.3, -0.25) is 0 Å². The van der Waals surface area contributed by atoms with Gasteiger partial charge in [0, 0.05) is 0 Å². The van der Waals surface area contributed by atoms with E-state index >= 15 is 0 Å². The molecule has 1 aliphatic rings. The summed E-state index contributed by atoms with van der Waals surface area (Å²) in [5.41, 5.74) is 3.54. The fourth-order valence-electron chi connectivity index (χ4n) is 3.62. The molecule has 2 aromatic rings. The van der Waals surface area contributed by atoms with E-state index in [1.807, 2.05) is 0 Å². The van der Waals surface area contributed by atoms with Gasteiger partial charge in [-0.05, 0) is 34.3 Å². The summed E-state index contributed by atoms with van der Waals surface area (Å²) >= 11 is 0. The third kappa shape index (κ3) is 2.00. The normalized spacial score (nSPS) is 26.2. The summed E-state index contributed by atoms with van der Waals surface area (Å²) in [6, 6.07) is 21.9. The third-order valence-corrected chi connectivity index (χ3v) is 5.06. The summed E-state index contributed by atoms with van der Waals surface area (Å²) < 4.78 is 0. The van der Waals surface area contributed by atoms with Crippen molar-refractivity contribution in [2.75, 3.05) is 0 Å². The van der Waals surface area contributed by atoms with Crippen molar-refractivity contribution in [2.45, 2.75) is 38.0 Å². The van der Waals surface area contributed by atoms with Crippen LogP contribution in [-0.2, 0) is 10.8 Å². The van der Waals surface area contributed by atoms with Crippen LogP contribution in [0.25, 0.3) is 0 Å². The molecule has 0 nitrogen and oxygen atoms in total. The Bertz CT molecular complexity index is 553. The summed E-state index contributed by atoms with van der Waals surface area (Å²) in [5, 5.41) is 0. The lowest BCUT2D eigenvalue weighted by Crippen LogP contribution is -2.24. The molecule has 0 radical (unpaired) electrons. The van der Waals surface area contributed by atoms with E-state index in [1.165, 1.54) is 17.5 Å². The van der Waals surface area contributed by atoms with Crippen LogP contribution in [0.4, 0.5) is 0 Å². The maximum Gasteiger partial charge on any atom is -0.00352 e. The van der Waals surface area contributed by atoms with Crippen LogP contribution in [0.15, 0.2) is 60.7 Å². The van der Waals surface area contributed by atoms with E-state index < -0.39 is 0 Å². The number of hydrogen-bond acceptors (Lipinski definition) is 0. The van der Waals surface area contributed by atoms with Crippen molar-refractivity contribution in [3.63, 3.8) is 0 Å². The van der Waals surface area contributed by atoms with Gasteiger partial charge in [0.25, 0.3) is 0 Å². The molecule has 98 valence electrons. The molecule has 0 N–H and O–H groups in total. The Labute approximate surface area is 116 Å². The van der Waals surface area contributed by atoms with Gasteiger partial charge in [0.15, 0.2) is 0 Å². The maximum atomic E-state index is 2.41. The molecule has 0 heteroatoms. The average molecular weight is 250 g/mol. The number of rotatable bonds is 3. The van der Waals surface area contributed by atoms with Crippen molar-refractivity contribution in [1.82, 2.24) is 0 Å². The first-order valence-corrected chi connectivity index (χ1v) is 7.16. The largest absolute Gasteiger partial charge is 0.0622 e. The summed E-state index contributed by atoms with van der Waals surface area (Å²) in [7, 11) is 0. The topological polar surface area (TPSA) is 0 Å². The van der Waals surface area contributed by atoms with Crippen LogP contribution >= 0.6 is 0 Å². The van der Waals surface area contributed by atoms with E-state index in [2.05, 4.69) is 81.4 Å². The van der Waals surface area contributed by atoms with Crippen molar-refractivity contribution in [1.29, 1.82) is 0 Å². The maximum absolute atomic E-state index is 2.41. The van der Waals surface area contributed by atoms with E-state index in [4.69, 9.17) is 0 Å². The quantitative estimate of drug-likeness (QED) is 0.723. The monoisotopic (exact) mass is 250 g/mol. The van der Waals surface area contributed by atoms with Crippen LogP contribution in [0.5, 0.6) is 0 Å². The van der Waals surface area contributed by atoms with Gasteiger partial charge in [-0.1, -0.05) is 81.4 Å². The molecule has 2 unspecified atom stereocenters. The molecule has 0 aromatic heterocycles. The Morgan fingerprint density at radius 3 is 2.00 bits per heavy atom. The molecule has 1 saturated carbocycles. The van der Waals surface area contributed by atoms with E-state index in [9.17, 15) is 0 Å². The second-order valence-corrected chi connectivity index (χ2v) is 6.63. The molecule has 2 atom stereocenters. The average Bonchev–Trinajstić information content (AvgIpc) is 3.16. The van der Waals surface area contributed by atoms with Gasteiger partial charge < -0.3 is 0 Å². The molecule has 0 aliphatic heterocycles. The second-order valence-electron chi connectivity index (χ2n) is 6.63. The van der Waals surface area contributed by atoms with Crippen LogP contribution in [0.3, 0.4) is 0 Å². The van der Waals surface area contributed by atoms with Crippen molar-refractivity contribution >= 4 is 0 Å². The smallest absolute Gasteiger partial charge is 0.00352 e. The molecule has 0 bridgehead atoms. The predicted molar refractivity (Wildman–Crippen MR) is 81.4 cm³/mol. The van der Waals surface area contributed by atoms with Crippen molar-refractivity contribution in [3.05, 3.63) is 71.8 Å². The highest BCUT2D eigenvalue weighted by Gasteiger charge is 2.58. The van der Waals surface area contributed by atoms with Crippen LogP contribution in [0, 0.1) is 5.92 Å². The van der Waals surface area contributed by atoms with Crippen LogP contribution in [0.2, 0.25) is 0 Å². The Kier molecular flexibility index (Phi) is 2.78. The molecular formula is C19H22. The zero-order valence-corrected chi connectivity index (χ0v) is 12.1. The van der Waals surface area contributed by atoms with Gasteiger partial charge in [-0.15, -0.1) is 0 Å². The van der Waals surface area contributed by atoms with Gasteiger partial charge in [-0.2, -0.15) is 0 Å². The number of benzene rings is 2. The number of hydrogen-bond donors (Lipinski definition) is 0. The lowest BCUT2D eigenvalue weighted by molar-refractivity contribution is 0.412. The molecule has 0 heterocycles. The lowest BCUT2D eigenvalue weighted by atomic mass is 9.75. The first-order chi connectivity index (χ1) is 9.05. The van der Waals surface area contributed by atoms with Gasteiger partial charge in [0.05, 0.1) is 0 Å². The molecule has 0 spiro atoms. The van der Waals surface area contributed by atoms with Crippen molar-refractivity contribution < 1.29 is 0 Å². The van der Waals surface area contributed by atoms with E-state index in [-0.39, 0.29) is 5.41 Å². The fourth-order valence-corrected chi connectivity index (χ4v) is 3.62. The minimum absolute atomic E-state index is 0.242. The van der Waals surface area contributed by atoms with E-state index in [1.54, 1.807) is 0 Å². The summed E-state index contributed by atoms with van der Waals surface area (Å²) in [5.74, 6) is 0.727. The minimum Gasteiger partial charge on any atom is -0.0622 e. The van der Waals surface area contributed by atoms with Crippen LogP contribution in [-0.4, -0.2) is 0 Å². The first kappa shape index (κ1) is 12.5. The van der Waals surface area contributed by atoms with E-state index in [0.29, 0.717) is 5.41 Å². The molecule has 3 rings (SSSR count). The highest BCUT2D eigenvalue weighted by Crippen LogP contribution is 2.62. The summed E-state index contributed by atoms with van der Waals surface area (Å²) in [6.45, 7) is 7.19. The Morgan fingerprint density at radius 2 is 1.42 bits per heavy atom. The van der Waals surface area contributed by atoms with Crippen LogP contribution in [0.1, 0.15) is 38.3 Å². The Balaban J connectivity index is 1.90. The molecule has 1 fully saturated rings.